The highest BCUT2D eigenvalue weighted by atomic mass is 32.2. The van der Waals surface area contributed by atoms with Gasteiger partial charge in [-0.3, -0.25) is 0 Å². The highest BCUT2D eigenvalue weighted by Gasteiger charge is 2.38. The second-order valence-corrected chi connectivity index (χ2v) is 8.80. The summed E-state index contributed by atoms with van der Waals surface area (Å²) in [5.41, 5.74) is 0.209. The first kappa shape index (κ1) is 17.2. The molecule has 2 aliphatic heterocycles. The summed E-state index contributed by atoms with van der Waals surface area (Å²) < 4.78 is 30.8. The summed E-state index contributed by atoms with van der Waals surface area (Å²) in [6, 6.07) is 0. The molecule has 0 spiro atoms. The lowest BCUT2D eigenvalue weighted by Crippen LogP contribution is -2.43. The van der Waals surface area contributed by atoms with Crippen molar-refractivity contribution in [3.8, 4) is 0 Å². The van der Waals surface area contributed by atoms with Crippen molar-refractivity contribution >= 4 is 10.0 Å². The van der Waals surface area contributed by atoms with Gasteiger partial charge in [-0.05, 0) is 44.6 Å². The first-order valence-electron chi connectivity index (χ1n) is 8.19. The van der Waals surface area contributed by atoms with Gasteiger partial charge < -0.3 is 10.1 Å². The minimum absolute atomic E-state index is 0.209. The molecule has 2 atom stereocenters. The monoisotopic (exact) mass is 318 g/mol. The van der Waals surface area contributed by atoms with Crippen LogP contribution in [0.15, 0.2) is 0 Å². The van der Waals surface area contributed by atoms with Crippen LogP contribution in [0.1, 0.15) is 39.0 Å². The number of hydrogen-bond acceptors (Lipinski definition) is 4. The number of nitrogens with one attached hydrogen (secondary N) is 1. The van der Waals surface area contributed by atoms with E-state index in [-0.39, 0.29) is 5.41 Å². The number of nitrogens with zero attached hydrogens (tertiary/aromatic N) is 1. The predicted molar refractivity (Wildman–Crippen MR) is 84.8 cm³/mol. The molecule has 0 aromatic heterocycles. The minimum Gasteiger partial charge on any atom is -0.381 e. The summed E-state index contributed by atoms with van der Waals surface area (Å²) in [5, 5.41) is 3.54. The molecule has 124 valence electrons. The van der Waals surface area contributed by atoms with Crippen molar-refractivity contribution in [1.82, 2.24) is 9.62 Å². The van der Waals surface area contributed by atoms with Crippen LogP contribution < -0.4 is 5.32 Å². The largest absolute Gasteiger partial charge is 0.381 e. The molecular weight excluding hydrogens is 288 g/mol. The van der Waals surface area contributed by atoms with Crippen LogP contribution in [0.2, 0.25) is 0 Å². The van der Waals surface area contributed by atoms with E-state index in [4.69, 9.17) is 4.74 Å². The Morgan fingerprint density at radius 2 is 2.24 bits per heavy atom. The molecule has 0 aliphatic carbocycles. The Morgan fingerprint density at radius 1 is 1.43 bits per heavy atom. The Labute approximate surface area is 129 Å². The van der Waals surface area contributed by atoms with Gasteiger partial charge >= 0.3 is 0 Å². The van der Waals surface area contributed by atoms with Crippen LogP contribution in [0, 0.1) is 11.3 Å². The smallest absolute Gasteiger partial charge is 0.211 e. The van der Waals surface area contributed by atoms with Crippen molar-refractivity contribution in [3.05, 3.63) is 0 Å². The molecule has 2 aliphatic rings. The van der Waals surface area contributed by atoms with Crippen molar-refractivity contribution in [2.75, 3.05) is 45.6 Å². The molecule has 0 aromatic rings. The Morgan fingerprint density at radius 3 is 2.86 bits per heavy atom. The predicted octanol–water partition coefficient (Wildman–Crippen LogP) is 1.45. The molecular formula is C15H30N2O3S. The van der Waals surface area contributed by atoms with E-state index in [9.17, 15) is 8.42 Å². The zero-order valence-electron chi connectivity index (χ0n) is 13.4. The molecule has 2 unspecified atom stereocenters. The lowest BCUT2D eigenvalue weighted by molar-refractivity contribution is 0.116. The maximum absolute atomic E-state index is 11.7. The van der Waals surface area contributed by atoms with E-state index in [1.54, 1.807) is 4.31 Å². The van der Waals surface area contributed by atoms with Gasteiger partial charge in [0, 0.05) is 31.7 Å². The SMILES string of the molecule is CCCNCC1(CC2CCCN(S(C)(=O)=O)C2)CCOC1. The molecule has 1 N–H and O–H groups in total. The molecule has 2 saturated heterocycles. The zero-order valence-corrected chi connectivity index (χ0v) is 14.3. The highest BCUT2D eigenvalue weighted by molar-refractivity contribution is 7.88. The van der Waals surface area contributed by atoms with Crippen molar-refractivity contribution in [2.24, 2.45) is 11.3 Å². The summed E-state index contributed by atoms with van der Waals surface area (Å²) in [7, 11) is -3.05. The average molecular weight is 318 g/mol. The van der Waals surface area contributed by atoms with Gasteiger partial charge in [-0.25, -0.2) is 12.7 Å². The molecule has 6 heteroatoms. The summed E-state index contributed by atoms with van der Waals surface area (Å²) in [5.74, 6) is 0.471. The standard InChI is InChI=1S/C15H30N2O3S/c1-3-7-16-12-15(6-9-20-13-15)10-14-5-4-8-17(11-14)21(2,18)19/h14,16H,3-13H2,1-2H3. The van der Waals surface area contributed by atoms with Gasteiger partial charge in [-0.15, -0.1) is 0 Å². The van der Waals surface area contributed by atoms with Gasteiger partial charge in [0.25, 0.3) is 0 Å². The number of sulfonamides is 1. The topological polar surface area (TPSA) is 58.6 Å². The van der Waals surface area contributed by atoms with Gasteiger partial charge in [0.15, 0.2) is 0 Å². The first-order chi connectivity index (χ1) is 9.95. The van der Waals surface area contributed by atoms with E-state index in [2.05, 4.69) is 12.2 Å². The fourth-order valence-corrected chi connectivity index (χ4v) is 4.60. The van der Waals surface area contributed by atoms with Gasteiger partial charge in [0.2, 0.25) is 10.0 Å². The molecule has 2 rings (SSSR count). The number of piperidine rings is 1. The van der Waals surface area contributed by atoms with E-state index < -0.39 is 10.0 Å². The molecule has 2 heterocycles. The molecule has 0 bridgehead atoms. The summed E-state index contributed by atoms with van der Waals surface area (Å²) in [6.45, 7) is 7.25. The van der Waals surface area contributed by atoms with Crippen LogP contribution in [0.25, 0.3) is 0 Å². The van der Waals surface area contributed by atoms with Gasteiger partial charge in [-0.1, -0.05) is 6.92 Å². The Kier molecular flexibility index (Phi) is 6.05. The summed E-state index contributed by atoms with van der Waals surface area (Å²) in [4.78, 5) is 0. The van der Waals surface area contributed by atoms with E-state index in [1.165, 1.54) is 6.26 Å². The van der Waals surface area contributed by atoms with Crippen molar-refractivity contribution in [3.63, 3.8) is 0 Å². The van der Waals surface area contributed by atoms with E-state index >= 15 is 0 Å². The Bertz CT molecular complexity index is 419. The molecule has 0 aromatic carbocycles. The maximum atomic E-state index is 11.7. The van der Waals surface area contributed by atoms with Crippen LogP contribution in [-0.2, 0) is 14.8 Å². The average Bonchev–Trinajstić information content (AvgIpc) is 2.87. The van der Waals surface area contributed by atoms with Gasteiger partial charge in [0.1, 0.15) is 0 Å². The van der Waals surface area contributed by atoms with Crippen LogP contribution in [0.5, 0.6) is 0 Å². The minimum atomic E-state index is -3.05. The summed E-state index contributed by atoms with van der Waals surface area (Å²) in [6.07, 6.45) is 6.77. The van der Waals surface area contributed by atoms with E-state index in [0.29, 0.717) is 19.0 Å². The fraction of sp³-hybridized carbons (Fsp3) is 1.00. The van der Waals surface area contributed by atoms with E-state index in [1.807, 2.05) is 0 Å². The number of ether oxygens (including phenoxy) is 1. The zero-order chi connectivity index (χ0) is 15.3. The van der Waals surface area contributed by atoms with E-state index in [0.717, 1.165) is 58.4 Å². The van der Waals surface area contributed by atoms with Crippen LogP contribution in [0.3, 0.4) is 0 Å². The third-order valence-corrected chi connectivity index (χ3v) is 6.05. The normalized spacial score (nSPS) is 31.6. The van der Waals surface area contributed by atoms with Crippen LogP contribution in [-0.4, -0.2) is 58.4 Å². The molecule has 0 radical (unpaired) electrons. The second kappa shape index (κ2) is 7.40. The summed E-state index contributed by atoms with van der Waals surface area (Å²) >= 11 is 0. The second-order valence-electron chi connectivity index (χ2n) is 6.81. The third-order valence-electron chi connectivity index (χ3n) is 4.78. The number of rotatable bonds is 7. The third kappa shape index (κ3) is 4.91. The van der Waals surface area contributed by atoms with Crippen LogP contribution in [0.4, 0.5) is 0 Å². The molecule has 5 nitrogen and oxygen atoms in total. The Balaban J connectivity index is 1.93. The molecule has 2 fully saturated rings. The lowest BCUT2D eigenvalue weighted by atomic mass is 9.76. The molecule has 0 amide bonds. The highest BCUT2D eigenvalue weighted by Crippen LogP contribution is 2.37. The fourth-order valence-electron chi connectivity index (χ4n) is 3.66. The molecule has 21 heavy (non-hydrogen) atoms. The van der Waals surface area contributed by atoms with Crippen molar-refractivity contribution < 1.29 is 13.2 Å². The lowest BCUT2D eigenvalue weighted by Gasteiger charge is -2.37. The van der Waals surface area contributed by atoms with Gasteiger partial charge in [-0.2, -0.15) is 0 Å². The van der Waals surface area contributed by atoms with Crippen molar-refractivity contribution in [2.45, 2.75) is 39.0 Å². The Hall–Kier alpha value is -0.170. The number of hydrogen-bond donors (Lipinski definition) is 1. The quantitative estimate of drug-likeness (QED) is 0.722. The van der Waals surface area contributed by atoms with Crippen LogP contribution >= 0.6 is 0 Å². The molecule has 0 saturated carbocycles. The first-order valence-corrected chi connectivity index (χ1v) is 10.0. The van der Waals surface area contributed by atoms with Crippen molar-refractivity contribution in [1.29, 1.82) is 0 Å². The maximum Gasteiger partial charge on any atom is 0.211 e. The van der Waals surface area contributed by atoms with Gasteiger partial charge in [0.05, 0.1) is 12.9 Å².